The van der Waals surface area contributed by atoms with Gasteiger partial charge in [0.15, 0.2) is 5.82 Å². The summed E-state index contributed by atoms with van der Waals surface area (Å²) in [4.78, 5) is 29.6. The second kappa shape index (κ2) is 10.0. The molecule has 1 aliphatic rings. The van der Waals surface area contributed by atoms with E-state index in [1.54, 1.807) is 28.9 Å². The molecule has 10 heteroatoms. The third-order valence-electron chi connectivity index (χ3n) is 7.02. The minimum atomic E-state index is -0.699. The summed E-state index contributed by atoms with van der Waals surface area (Å²) < 4.78 is 6.57. The third kappa shape index (κ3) is 4.91. The van der Waals surface area contributed by atoms with E-state index in [2.05, 4.69) is 32.0 Å². The van der Waals surface area contributed by atoms with Gasteiger partial charge in [-0.2, -0.15) is 10.1 Å². The first-order valence-corrected chi connectivity index (χ1v) is 12.5. The smallest absolute Gasteiger partial charge is 0.328 e. The zero-order chi connectivity index (χ0) is 26.1. The Morgan fingerprint density at radius 2 is 1.95 bits per heavy atom. The van der Waals surface area contributed by atoms with Gasteiger partial charge in [0.25, 0.3) is 5.91 Å². The molecule has 2 atom stereocenters. The molecule has 192 valence electrons. The number of aromatic nitrogens is 5. The standard InChI is InChI=1S/C27H31N7O3/c1-5-15(2)23(26(36)37-4)30-25(35)18-10-8-17(9-11-18)24-31-27(34(3)33-24)29-21-13-12-20-19(14-28-32-20)22(21)16-6-7-16/h8-16,23H,5-7H2,1-4H3,(H,28,32)(H,30,35)(H,29,31,33)/t15-,23+/m1/s1. The molecule has 0 saturated heterocycles. The second-order valence-electron chi connectivity index (χ2n) is 9.58. The molecule has 10 nitrogen and oxygen atoms in total. The molecular formula is C27H31N7O3. The summed E-state index contributed by atoms with van der Waals surface area (Å²) >= 11 is 0. The van der Waals surface area contributed by atoms with Crippen molar-refractivity contribution in [3.05, 3.63) is 53.7 Å². The van der Waals surface area contributed by atoms with Crippen LogP contribution in [0.1, 0.15) is 54.9 Å². The Morgan fingerprint density at radius 1 is 1.19 bits per heavy atom. The lowest BCUT2D eigenvalue weighted by Crippen LogP contribution is -2.45. The Kier molecular flexibility index (Phi) is 6.64. The van der Waals surface area contributed by atoms with E-state index in [1.807, 2.05) is 33.2 Å². The number of carbonyl (C=O) groups excluding carboxylic acids is 2. The number of ether oxygens (including phenoxy) is 1. The van der Waals surface area contributed by atoms with Gasteiger partial charge in [0.1, 0.15) is 6.04 Å². The van der Waals surface area contributed by atoms with E-state index < -0.39 is 12.0 Å². The highest BCUT2D eigenvalue weighted by Crippen LogP contribution is 2.47. The highest BCUT2D eigenvalue weighted by atomic mass is 16.5. The summed E-state index contributed by atoms with van der Waals surface area (Å²) in [5.41, 5.74) is 4.51. The Morgan fingerprint density at radius 3 is 2.62 bits per heavy atom. The molecule has 2 aromatic heterocycles. The topological polar surface area (TPSA) is 127 Å². The van der Waals surface area contributed by atoms with Gasteiger partial charge in [-0.05, 0) is 54.5 Å². The van der Waals surface area contributed by atoms with Crippen LogP contribution in [0.2, 0.25) is 0 Å². The maximum absolute atomic E-state index is 12.8. The SMILES string of the molecule is CC[C@@H](C)[C@H](NC(=O)c1ccc(-c2nc(Nc3ccc4[nH]ncc4c3C3CC3)n(C)n2)cc1)C(=O)OC. The first-order valence-electron chi connectivity index (χ1n) is 12.5. The molecule has 4 aromatic rings. The van der Waals surface area contributed by atoms with Crippen molar-refractivity contribution in [1.82, 2.24) is 30.3 Å². The van der Waals surface area contributed by atoms with Gasteiger partial charge in [-0.15, -0.1) is 5.10 Å². The normalized spacial score (nSPS) is 14.8. The zero-order valence-electron chi connectivity index (χ0n) is 21.4. The van der Waals surface area contributed by atoms with Crippen molar-refractivity contribution >= 4 is 34.4 Å². The number of esters is 1. The van der Waals surface area contributed by atoms with Gasteiger partial charge >= 0.3 is 5.97 Å². The van der Waals surface area contributed by atoms with Crippen LogP contribution in [0, 0.1) is 5.92 Å². The summed E-state index contributed by atoms with van der Waals surface area (Å²) in [5.74, 6) is 0.857. The number of methoxy groups -OCH3 is 1. The Bertz CT molecular complexity index is 1440. The number of hydrogen-bond acceptors (Lipinski definition) is 7. The van der Waals surface area contributed by atoms with Crippen LogP contribution in [-0.2, 0) is 16.6 Å². The quantitative estimate of drug-likeness (QED) is 0.292. The van der Waals surface area contributed by atoms with Gasteiger partial charge in [-0.1, -0.05) is 32.4 Å². The van der Waals surface area contributed by atoms with Crippen molar-refractivity contribution < 1.29 is 14.3 Å². The minimum Gasteiger partial charge on any atom is -0.467 e. The fourth-order valence-electron chi connectivity index (χ4n) is 4.49. The second-order valence-corrected chi connectivity index (χ2v) is 9.58. The lowest BCUT2D eigenvalue weighted by atomic mass is 9.98. The summed E-state index contributed by atoms with van der Waals surface area (Å²) in [7, 11) is 3.17. The maximum Gasteiger partial charge on any atom is 0.328 e. The number of nitrogens with one attached hydrogen (secondary N) is 3. The van der Waals surface area contributed by atoms with Crippen LogP contribution in [0.5, 0.6) is 0 Å². The van der Waals surface area contributed by atoms with E-state index >= 15 is 0 Å². The molecule has 37 heavy (non-hydrogen) atoms. The van der Waals surface area contributed by atoms with Crippen molar-refractivity contribution in [2.24, 2.45) is 13.0 Å². The largest absolute Gasteiger partial charge is 0.467 e. The Balaban J connectivity index is 1.34. The van der Waals surface area contributed by atoms with Gasteiger partial charge in [-0.25, -0.2) is 9.48 Å². The number of aryl methyl sites for hydroxylation is 1. The zero-order valence-corrected chi connectivity index (χ0v) is 21.4. The molecule has 0 spiro atoms. The predicted octanol–water partition coefficient (Wildman–Crippen LogP) is 4.30. The van der Waals surface area contributed by atoms with Gasteiger partial charge in [0, 0.05) is 29.2 Å². The van der Waals surface area contributed by atoms with E-state index in [9.17, 15) is 9.59 Å². The molecule has 0 bridgehead atoms. The number of aromatic amines is 1. The van der Waals surface area contributed by atoms with E-state index in [0.29, 0.717) is 23.3 Å². The highest BCUT2D eigenvalue weighted by molar-refractivity contribution is 5.97. The number of amides is 1. The molecule has 5 rings (SSSR count). The fraction of sp³-hybridized carbons (Fsp3) is 0.370. The van der Waals surface area contributed by atoms with Crippen molar-refractivity contribution in [1.29, 1.82) is 0 Å². The molecular weight excluding hydrogens is 470 g/mol. The van der Waals surface area contributed by atoms with Crippen LogP contribution in [0.25, 0.3) is 22.3 Å². The molecule has 0 radical (unpaired) electrons. The van der Waals surface area contributed by atoms with E-state index in [-0.39, 0.29) is 11.8 Å². The van der Waals surface area contributed by atoms with Gasteiger partial charge in [0.05, 0.1) is 18.8 Å². The number of H-pyrrole nitrogens is 1. The lowest BCUT2D eigenvalue weighted by Gasteiger charge is -2.21. The van der Waals surface area contributed by atoms with Crippen LogP contribution in [0.15, 0.2) is 42.6 Å². The third-order valence-corrected chi connectivity index (χ3v) is 7.02. The monoisotopic (exact) mass is 501 g/mol. The molecule has 2 aromatic carbocycles. The van der Waals surface area contributed by atoms with E-state index in [1.165, 1.54) is 25.5 Å². The minimum absolute atomic E-state index is 0.0473. The number of nitrogens with zero attached hydrogens (tertiary/aromatic N) is 4. The molecule has 3 N–H and O–H groups in total. The molecule has 1 fully saturated rings. The predicted molar refractivity (Wildman–Crippen MR) is 141 cm³/mol. The fourth-order valence-corrected chi connectivity index (χ4v) is 4.49. The average molecular weight is 502 g/mol. The first kappa shape index (κ1) is 24.5. The van der Waals surface area contributed by atoms with Crippen molar-refractivity contribution in [3.63, 3.8) is 0 Å². The molecule has 1 saturated carbocycles. The summed E-state index contributed by atoms with van der Waals surface area (Å²) in [6, 6.07) is 10.4. The Hall–Kier alpha value is -4.21. The number of rotatable bonds is 9. The van der Waals surface area contributed by atoms with Crippen molar-refractivity contribution in [2.75, 3.05) is 12.4 Å². The van der Waals surface area contributed by atoms with Crippen LogP contribution in [-0.4, -0.2) is 50.0 Å². The summed E-state index contributed by atoms with van der Waals surface area (Å²) in [5, 5.41) is 19.2. The number of carbonyl (C=O) groups is 2. The maximum atomic E-state index is 12.8. The van der Waals surface area contributed by atoms with Gasteiger partial charge in [-0.3, -0.25) is 9.89 Å². The van der Waals surface area contributed by atoms with Crippen LogP contribution < -0.4 is 10.6 Å². The summed E-state index contributed by atoms with van der Waals surface area (Å²) in [6.45, 7) is 3.87. The lowest BCUT2D eigenvalue weighted by molar-refractivity contribution is -0.144. The van der Waals surface area contributed by atoms with E-state index in [0.717, 1.165) is 28.6 Å². The molecule has 1 aliphatic carbocycles. The average Bonchev–Trinajstić information content (AvgIpc) is 3.53. The Labute approximate surface area is 214 Å². The van der Waals surface area contributed by atoms with Crippen LogP contribution >= 0.6 is 0 Å². The van der Waals surface area contributed by atoms with E-state index in [4.69, 9.17) is 9.72 Å². The molecule has 0 aliphatic heterocycles. The van der Waals surface area contributed by atoms with Crippen molar-refractivity contribution in [2.45, 2.75) is 45.1 Å². The number of hydrogen-bond donors (Lipinski definition) is 3. The molecule has 1 amide bonds. The van der Waals surface area contributed by atoms with Crippen molar-refractivity contribution in [3.8, 4) is 11.4 Å². The highest BCUT2D eigenvalue weighted by Gasteiger charge is 2.29. The van der Waals surface area contributed by atoms with Crippen LogP contribution in [0.3, 0.4) is 0 Å². The number of anilines is 2. The first-order chi connectivity index (χ1) is 17.9. The molecule has 0 unspecified atom stereocenters. The molecule has 2 heterocycles. The van der Waals surface area contributed by atoms with Crippen LogP contribution in [0.4, 0.5) is 11.6 Å². The number of benzene rings is 2. The number of fused-ring (bicyclic) bond motifs is 1. The van der Waals surface area contributed by atoms with Gasteiger partial charge < -0.3 is 15.4 Å². The summed E-state index contributed by atoms with van der Waals surface area (Å²) in [6.07, 6.45) is 4.95. The van der Waals surface area contributed by atoms with Gasteiger partial charge in [0.2, 0.25) is 5.95 Å².